The molecule has 0 atom stereocenters. The second-order valence-corrected chi connectivity index (χ2v) is 5.17. The summed E-state index contributed by atoms with van der Waals surface area (Å²) in [5.41, 5.74) is 2.01. The monoisotopic (exact) mass is 325 g/mol. The Hall–Kier alpha value is -1.13. The summed E-state index contributed by atoms with van der Waals surface area (Å²) in [6, 6.07) is 8.23. The van der Waals surface area contributed by atoms with Gasteiger partial charge in [0.2, 0.25) is 0 Å². The highest BCUT2D eigenvalue weighted by Crippen LogP contribution is 2.15. The van der Waals surface area contributed by atoms with Crippen LogP contribution < -0.4 is 4.90 Å². The first-order valence-corrected chi connectivity index (χ1v) is 6.84. The molecule has 2 aromatic rings. The van der Waals surface area contributed by atoms with Crippen LogP contribution in [0.4, 0.5) is 5.82 Å². The average molecular weight is 327 g/mol. The second kappa shape index (κ2) is 6.16. The summed E-state index contributed by atoms with van der Waals surface area (Å²) in [5, 5.41) is 0. The lowest BCUT2D eigenvalue weighted by atomic mass is 10.2. The van der Waals surface area contributed by atoms with E-state index in [9.17, 15) is 0 Å². The van der Waals surface area contributed by atoms with Crippen molar-refractivity contribution in [3.05, 3.63) is 52.4 Å². The lowest BCUT2D eigenvalue weighted by Gasteiger charge is -2.18. The van der Waals surface area contributed by atoms with Crippen LogP contribution >= 0.6 is 27.5 Å². The first kappa shape index (κ1) is 13.3. The summed E-state index contributed by atoms with van der Waals surface area (Å²) in [4.78, 5) is 10.6. The zero-order valence-corrected chi connectivity index (χ0v) is 12.3. The van der Waals surface area contributed by atoms with Crippen molar-refractivity contribution < 1.29 is 0 Å². The summed E-state index contributed by atoms with van der Waals surface area (Å²) in [5.74, 6) is 1.21. The molecule has 0 bridgehead atoms. The van der Waals surface area contributed by atoms with Gasteiger partial charge in [0, 0.05) is 24.3 Å². The number of hydrogen-bond acceptors (Lipinski definition) is 3. The third kappa shape index (κ3) is 3.43. The van der Waals surface area contributed by atoms with Gasteiger partial charge >= 0.3 is 0 Å². The van der Waals surface area contributed by atoms with E-state index in [1.807, 2.05) is 24.1 Å². The molecule has 18 heavy (non-hydrogen) atoms. The Morgan fingerprint density at radius 1 is 1.22 bits per heavy atom. The number of alkyl halides is 1. The van der Waals surface area contributed by atoms with Crippen molar-refractivity contribution in [1.82, 2.24) is 9.97 Å². The fourth-order valence-corrected chi connectivity index (χ4v) is 1.98. The normalized spacial score (nSPS) is 10.4. The van der Waals surface area contributed by atoms with Crippen molar-refractivity contribution in [1.29, 1.82) is 0 Å². The zero-order chi connectivity index (χ0) is 13.0. The minimum Gasteiger partial charge on any atom is -0.354 e. The molecule has 0 N–H and O–H groups in total. The lowest BCUT2D eigenvalue weighted by Crippen LogP contribution is -2.18. The Labute approximate surface area is 120 Å². The van der Waals surface area contributed by atoms with E-state index in [2.05, 4.69) is 38.0 Å². The topological polar surface area (TPSA) is 29.0 Å². The number of rotatable bonds is 4. The maximum Gasteiger partial charge on any atom is 0.147 e. The predicted octanol–water partition coefficient (Wildman–Crippen LogP) is 3.61. The highest BCUT2D eigenvalue weighted by atomic mass is 79.9. The van der Waals surface area contributed by atoms with E-state index in [4.69, 9.17) is 11.6 Å². The third-order valence-electron chi connectivity index (χ3n) is 2.53. The van der Waals surface area contributed by atoms with E-state index in [-0.39, 0.29) is 0 Å². The molecule has 0 spiro atoms. The molecule has 0 aliphatic rings. The van der Waals surface area contributed by atoms with Crippen LogP contribution in [0.25, 0.3) is 0 Å². The minimum absolute atomic E-state index is 0.382. The number of benzene rings is 1. The lowest BCUT2D eigenvalue weighted by molar-refractivity contribution is 0.880. The Morgan fingerprint density at radius 3 is 2.61 bits per heavy atom. The molecule has 0 saturated heterocycles. The van der Waals surface area contributed by atoms with Crippen LogP contribution in [0.3, 0.4) is 0 Å². The predicted molar refractivity (Wildman–Crippen MR) is 77.8 cm³/mol. The number of hydrogen-bond donors (Lipinski definition) is 0. The van der Waals surface area contributed by atoms with Gasteiger partial charge in [-0.3, -0.25) is 4.98 Å². The van der Waals surface area contributed by atoms with Gasteiger partial charge in [-0.25, -0.2) is 4.98 Å². The van der Waals surface area contributed by atoms with E-state index in [1.54, 1.807) is 12.4 Å². The summed E-state index contributed by atoms with van der Waals surface area (Å²) < 4.78 is 1.08. The molecule has 0 radical (unpaired) electrons. The van der Waals surface area contributed by atoms with Crippen LogP contribution in [0.2, 0.25) is 0 Å². The Balaban J connectivity index is 2.11. The maximum atomic E-state index is 5.75. The largest absolute Gasteiger partial charge is 0.354 e. The van der Waals surface area contributed by atoms with E-state index in [0.717, 1.165) is 22.5 Å². The van der Waals surface area contributed by atoms with Gasteiger partial charge < -0.3 is 4.90 Å². The average Bonchev–Trinajstić information content (AvgIpc) is 2.41. The molecule has 0 unspecified atom stereocenters. The molecule has 1 aromatic carbocycles. The molecular weight excluding hydrogens is 314 g/mol. The molecule has 5 heteroatoms. The van der Waals surface area contributed by atoms with Crippen LogP contribution in [-0.4, -0.2) is 17.0 Å². The molecule has 1 heterocycles. The molecule has 94 valence electrons. The zero-order valence-electron chi connectivity index (χ0n) is 9.98. The fourth-order valence-electron chi connectivity index (χ4n) is 1.59. The van der Waals surface area contributed by atoms with Crippen molar-refractivity contribution >= 4 is 33.3 Å². The standard InChI is InChI=1S/C13H13BrClN3/c1-18(9-10-2-4-11(14)5-3-10)13-8-16-7-12(6-15)17-13/h2-5,7-8H,6,9H2,1H3. The molecule has 0 saturated carbocycles. The maximum absolute atomic E-state index is 5.75. The molecule has 0 aliphatic heterocycles. The highest BCUT2D eigenvalue weighted by molar-refractivity contribution is 9.10. The Morgan fingerprint density at radius 2 is 1.94 bits per heavy atom. The molecule has 2 rings (SSSR count). The third-order valence-corrected chi connectivity index (χ3v) is 3.34. The quantitative estimate of drug-likeness (QED) is 0.804. The van der Waals surface area contributed by atoms with Gasteiger partial charge in [-0.1, -0.05) is 28.1 Å². The Bertz CT molecular complexity index is 516. The van der Waals surface area contributed by atoms with Crippen LogP contribution in [0.5, 0.6) is 0 Å². The number of halogens is 2. The first-order valence-electron chi connectivity index (χ1n) is 5.51. The second-order valence-electron chi connectivity index (χ2n) is 3.98. The van der Waals surface area contributed by atoms with Crippen LogP contribution in [-0.2, 0) is 12.4 Å². The highest BCUT2D eigenvalue weighted by Gasteiger charge is 2.05. The van der Waals surface area contributed by atoms with Crippen LogP contribution in [0.1, 0.15) is 11.3 Å². The first-order chi connectivity index (χ1) is 8.69. The van der Waals surface area contributed by atoms with Crippen LogP contribution in [0.15, 0.2) is 41.1 Å². The van der Waals surface area contributed by atoms with E-state index >= 15 is 0 Å². The number of anilines is 1. The molecule has 3 nitrogen and oxygen atoms in total. The fraction of sp³-hybridized carbons (Fsp3) is 0.231. The van der Waals surface area contributed by atoms with Gasteiger partial charge in [0.05, 0.1) is 17.8 Å². The molecule has 0 amide bonds. The Kier molecular flexibility index (Phi) is 4.55. The van der Waals surface area contributed by atoms with Crippen molar-refractivity contribution in [2.45, 2.75) is 12.4 Å². The summed E-state index contributed by atoms with van der Waals surface area (Å²) >= 11 is 9.18. The van der Waals surface area contributed by atoms with Gasteiger partial charge in [0.25, 0.3) is 0 Å². The van der Waals surface area contributed by atoms with Gasteiger partial charge in [0.15, 0.2) is 0 Å². The minimum atomic E-state index is 0.382. The molecular formula is C13H13BrClN3. The molecule has 0 fully saturated rings. The smallest absolute Gasteiger partial charge is 0.147 e. The van der Waals surface area contributed by atoms with Gasteiger partial charge in [-0.15, -0.1) is 11.6 Å². The van der Waals surface area contributed by atoms with Crippen molar-refractivity contribution in [3.8, 4) is 0 Å². The summed E-state index contributed by atoms with van der Waals surface area (Å²) in [7, 11) is 1.99. The number of nitrogens with zero attached hydrogens (tertiary/aromatic N) is 3. The summed E-state index contributed by atoms with van der Waals surface area (Å²) in [6.45, 7) is 0.785. The van der Waals surface area contributed by atoms with Crippen molar-refractivity contribution in [2.24, 2.45) is 0 Å². The molecule has 1 aromatic heterocycles. The SMILES string of the molecule is CN(Cc1ccc(Br)cc1)c1cncc(CCl)n1. The van der Waals surface area contributed by atoms with Crippen LogP contribution in [0, 0.1) is 0 Å². The summed E-state index contributed by atoms with van der Waals surface area (Å²) in [6.07, 6.45) is 3.43. The van der Waals surface area contributed by atoms with E-state index in [0.29, 0.717) is 5.88 Å². The number of aromatic nitrogens is 2. The van der Waals surface area contributed by atoms with E-state index in [1.165, 1.54) is 5.56 Å². The van der Waals surface area contributed by atoms with Gasteiger partial charge in [-0.2, -0.15) is 0 Å². The van der Waals surface area contributed by atoms with Gasteiger partial charge in [0.1, 0.15) is 5.82 Å². The van der Waals surface area contributed by atoms with Crippen molar-refractivity contribution in [3.63, 3.8) is 0 Å². The molecule has 0 aliphatic carbocycles. The van der Waals surface area contributed by atoms with Crippen molar-refractivity contribution in [2.75, 3.05) is 11.9 Å². The van der Waals surface area contributed by atoms with E-state index < -0.39 is 0 Å². The van der Waals surface area contributed by atoms with Gasteiger partial charge in [-0.05, 0) is 17.7 Å².